The first kappa shape index (κ1) is 15.7. The van der Waals surface area contributed by atoms with E-state index in [1.807, 2.05) is 0 Å². The molecule has 0 saturated heterocycles. The minimum atomic E-state index is 1.11. The van der Waals surface area contributed by atoms with Crippen LogP contribution in [-0.2, 0) is 0 Å². The van der Waals surface area contributed by atoms with Gasteiger partial charge in [-0.1, -0.05) is 78.9 Å². The number of fused-ring (bicyclic) bond motifs is 13. The van der Waals surface area contributed by atoms with Crippen LogP contribution < -0.4 is 10.6 Å². The molecule has 0 spiro atoms. The van der Waals surface area contributed by atoms with Crippen LogP contribution in [0, 0.1) is 0 Å². The molecule has 0 N–H and O–H groups in total. The third-order valence-corrected chi connectivity index (χ3v) is 7.79. The summed E-state index contributed by atoms with van der Waals surface area (Å²) in [6.45, 7) is 0. The molecule has 9 rings (SSSR count). The molecule has 32 heavy (non-hydrogen) atoms. The zero-order valence-corrected chi connectivity index (χ0v) is 17.4. The summed E-state index contributed by atoms with van der Waals surface area (Å²) in [5.74, 6) is 0. The highest BCUT2D eigenvalue weighted by Crippen LogP contribution is 2.43. The van der Waals surface area contributed by atoms with Gasteiger partial charge in [-0.2, -0.15) is 0 Å². The maximum Gasteiger partial charge on any atom is 0.0789 e. The molecule has 0 radical (unpaired) electrons. The highest BCUT2D eigenvalue weighted by Gasteiger charge is 2.23. The summed E-state index contributed by atoms with van der Waals surface area (Å²) in [6.07, 6.45) is 7.12. The Balaban J connectivity index is 1.74. The highest BCUT2D eigenvalue weighted by atomic mass is 15.0. The molecule has 0 atom stereocenters. The van der Waals surface area contributed by atoms with Gasteiger partial charge in [0.15, 0.2) is 0 Å². The first-order valence-electron chi connectivity index (χ1n) is 11.5. The van der Waals surface area contributed by atoms with Crippen LogP contribution in [0.2, 0.25) is 0 Å². The second-order valence-electron chi connectivity index (χ2n) is 9.23. The largest absolute Gasteiger partial charge is 0.306 e. The van der Waals surface area contributed by atoms with Crippen molar-refractivity contribution in [1.29, 1.82) is 0 Å². The van der Waals surface area contributed by atoms with E-state index < -0.39 is 0 Å². The molecule has 0 amide bonds. The molecule has 8 aromatic rings. The van der Waals surface area contributed by atoms with Crippen LogP contribution in [0.25, 0.3) is 77.4 Å². The van der Waals surface area contributed by atoms with E-state index in [-0.39, 0.29) is 0 Å². The van der Waals surface area contributed by atoms with Crippen molar-refractivity contribution in [3.05, 3.63) is 83.4 Å². The molecule has 1 aliphatic rings. The standard InChI is InChI=1S/C30H18N2/c1-3-13-25-17(7-1)19-9-5-11-21-23-15-16-24-22-12-6-10-20-18-8-2-4-14-26(18)32(28(20)22)30(24)29(23)31(25)27(19)21/h1,3,5-16H,2,4H2. The van der Waals surface area contributed by atoms with Crippen molar-refractivity contribution in [3.63, 3.8) is 0 Å². The molecule has 0 aliphatic heterocycles. The van der Waals surface area contributed by atoms with Gasteiger partial charge < -0.3 is 8.80 Å². The van der Waals surface area contributed by atoms with Gasteiger partial charge in [0, 0.05) is 48.3 Å². The normalized spacial score (nSPS) is 14.5. The average molecular weight is 406 g/mol. The van der Waals surface area contributed by atoms with Crippen LogP contribution in [0.5, 0.6) is 0 Å². The molecule has 2 nitrogen and oxygen atoms in total. The summed E-state index contributed by atoms with van der Waals surface area (Å²) in [7, 11) is 0. The van der Waals surface area contributed by atoms with Crippen molar-refractivity contribution in [3.8, 4) is 0 Å². The Hall–Kier alpha value is -4.04. The van der Waals surface area contributed by atoms with E-state index in [9.17, 15) is 0 Å². The SMILES string of the molecule is C1=c2c(n3c4c2cccc4c2ccc4c5cccc6c7ccccc7n(c65)c4c23)=CCC1. The number of hydrogen-bond acceptors (Lipinski definition) is 0. The topological polar surface area (TPSA) is 8.82 Å². The van der Waals surface area contributed by atoms with Crippen molar-refractivity contribution in [2.24, 2.45) is 0 Å². The summed E-state index contributed by atoms with van der Waals surface area (Å²) in [6, 6.07) is 27.2. The van der Waals surface area contributed by atoms with Crippen molar-refractivity contribution in [2.75, 3.05) is 0 Å². The lowest BCUT2D eigenvalue weighted by molar-refractivity contribution is 1.08. The van der Waals surface area contributed by atoms with Crippen LogP contribution in [0.15, 0.2) is 72.8 Å². The first-order valence-corrected chi connectivity index (χ1v) is 11.5. The molecule has 0 fully saturated rings. The molecule has 148 valence electrons. The fraction of sp³-hybridized carbons (Fsp3) is 0.0667. The van der Waals surface area contributed by atoms with E-state index in [0.717, 1.165) is 12.8 Å². The molecular weight excluding hydrogens is 388 g/mol. The molecule has 0 bridgehead atoms. The Morgan fingerprint density at radius 1 is 0.438 bits per heavy atom. The van der Waals surface area contributed by atoms with Crippen molar-refractivity contribution < 1.29 is 0 Å². The summed E-state index contributed by atoms with van der Waals surface area (Å²) in [5, 5.41) is 12.3. The number of nitrogens with zero attached hydrogens (tertiary/aromatic N) is 2. The lowest BCUT2D eigenvalue weighted by Gasteiger charge is -2.03. The Morgan fingerprint density at radius 2 is 1.00 bits per heavy atom. The predicted octanol–water partition coefficient (Wildman–Crippen LogP) is 6.19. The van der Waals surface area contributed by atoms with Crippen LogP contribution >= 0.6 is 0 Å². The van der Waals surface area contributed by atoms with Crippen LogP contribution in [0.1, 0.15) is 12.8 Å². The third-order valence-electron chi connectivity index (χ3n) is 7.79. The molecule has 2 heteroatoms. The lowest BCUT2D eigenvalue weighted by Crippen LogP contribution is -2.27. The molecule has 4 aromatic heterocycles. The van der Waals surface area contributed by atoms with Crippen LogP contribution in [0.4, 0.5) is 0 Å². The molecule has 4 aromatic carbocycles. The van der Waals surface area contributed by atoms with Crippen molar-refractivity contribution >= 4 is 77.4 Å². The second kappa shape index (κ2) is 5.05. The third kappa shape index (κ3) is 1.53. The first-order chi connectivity index (χ1) is 15.9. The van der Waals surface area contributed by atoms with E-state index >= 15 is 0 Å². The predicted molar refractivity (Wildman–Crippen MR) is 136 cm³/mol. The Labute approximate surface area is 182 Å². The van der Waals surface area contributed by atoms with Crippen LogP contribution in [-0.4, -0.2) is 8.80 Å². The Morgan fingerprint density at radius 3 is 1.81 bits per heavy atom. The van der Waals surface area contributed by atoms with E-state index in [4.69, 9.17) is 0 Å². The van der Waals surface area contributed by atoms with Crippen molar-refractivity contribution in [1.82, 2.24) is 8.80 Å². The van der Waals surface area contributed by atoms with E-state index in [1.54, 1.807) is 0 Å². The van der Waals surface area contributed by atoms with Gasteiger partial charge in [0.1, 0.15) is 0 Å². The number of rotatable bonds is 0. The molecular formula is C30H18N2. The fourth-order valence-corrected chi connectivity index (χ4v) is 6.63. The smallest absolute Gasteiger partial charge is 0.0789 e. The molecule has 0 unspecified atom stereocenters. The molecule has 1 aliphatic carbocycles. The molecule has 0 saturated carbocycles. The second-order valence-corrected chi connectivity index (χ2v) is 9.23. The van der Waals surface area contributed by atoms with E-state index in [2.05, 4.69) is 93.7 Å². The summed E-state index contributed by atoms with van der Waals surface area (Å²) < 4.78 is 5.10. The van der Waals surface area contributed by atoms with Gasteiger partial charge in [0.05, 0.1) is 27.6 Å². The van der Waals surface area contributed by atoms with E-state index in [1.165, 1.54) is 75.9 Å². The summed E-state index contributed by atoms with van der Waals surface area (Å²) in [4.78, 5) is 0. The van der Waals surface area contributed by atoms with Gasteiger partial charge in [0.2, 0.25) is 0 Å². The quantitative estimate of drug-likeness (QED) is 0.284. The van der Waals surface area contributed by atoms with Gasteiger partial charge >= 0.3 is 0 Å². The fourth-order valence-electron chi connectivity index (χ4n) is 6.63. The monoisotopic (exact) mass is 406 g/mol. The van der Waals surface area contributed by atoms with Gasteiger partial charge in [0.25, 0.3) is 0 Å². The lowest BCUT2D eigenvalue weighted by atomic mass is 10.0. The van der Waals surface area contributed by atoms with Gasteiger partial charge in [-0.25, -0.2) is 0 Å². The minimum absolute atomic E-state index is 1.11. The zero-order chi connectivity index (χ0) is 20.6. The Bertz CT molecular complexity index is 2190. The zero-order valence-electron chi connectivity index (χ0n) is 17.4. The number of aromatic nitrogens is 2. The average Bonchev–Trinajstić information content (AvgIpc) is 3.56. The minimum Gasteiger partial charge on any atom is -0.306 e. The summed E-state index contributed by atoms with van der Waals surface area (Å²) in [5.41, 5.74) is 6.70. The number of para-hydroxylation sites is 3. The number of benzene rings is 4. The molecule has 4 heterocycles. The van der Waals surface area contributed by atoms with Gasteiger partial charge in [-0.3, -0.25) is 0 Å². The summed E-state index contributed by atoms with van der Waals surface area (Å²) >= 11 is 0. The van der Waals surface area contributed by atoms with Gasteiger partial charge in [-0.15, -0.1) is 0 Å². The van der Waals surface area contributed by atoms with E-state index in [0.29, 0.717) is 0 Å². The van der Waals surface area contributed by atoms with Crippen molar-refractivity contribution in [2.45, 2.75) is 12.8 Å². The maximum absolute atomic E-state index is 2.57. The highest BCUT2D eigenvalue weighted by molar-refractivity contribution is 6.29. The maximum atomic E-state index is 2.57. The van der Waals surface area contributed by atoms with Crippen LogP contribution in [0.3, 0.4) is 0 Å². The Kier molecular flexibility index (Phi) is 2.48. The van der Waals surface area contributed by atoms with Gasteiger partial charge in [-0.05, 0) is 18.9 Å². The number of hydrogen-bond donors (Lipinski definition) is 0.